The molecule has 2 aromatic carbocycles. The predicted octanol–water partition coefficient (Wildman–Crippen LogP) is 3.17. The third-order valence-electron chi connectivity index (χ3n) is 5.20. The number of ether oxygens (including phenoxy) is 1. The van der Waals surface area contributed by atoms with E-state index in [4.69, 9.17) is 4.74 Å². The van der Waals surface area contributed by atoms with Crippen LogP contribution in [0.25, 0.3) is 0 Å². The largest absolute Gasteiger partial charge is 0.378 e. The highest BCUT2D eigenvalue weighted by molar-refractivity contribution is 5.95. The summed E-state index contributed by atoms with van der Waals surface area (Å²) in [4.78, 5) is 25.5. The maximum atomic E-state index is 12.6. The number of amides is 1. The lowest BCUT2D eigenvalue weighted by Crippen LogP contribution is -2.40. The molecule has 1 saturated heterocycles. The molecule has 0 spiro atoms. The van der Waals surface area contributed by atoms with Crippen molar-refractivity contribution >= 4 is 17.3 Å². The van der Waals surface area contributed by atoms with E-state index in [0.717, 1.165) is 12.8 Å². The monoisotopic (exact) mass is 367 g/mol. The van der Waals surface area contributed by atoms with E-state index < -0.39 is 4.92 Å². The highest BCUT2D eigenvalue weighted by atomic mass is 16.6. The molecule has 27 heavy (non-hydrogen) atoms. The number of nitro benzene ring substituents is 1. The van der Waals surface area contributed by atoms with Gasteiger partial charge in [-0.3, -0.25) is 14.9 Å². The zero-order chi connectivity index (χ0) is 18.8. The van der Waals surface area contributed by atoms with E-state index in [1.807, 2.05) is 12.1 Å². The van der Waals surface area contributed by atoms with Crippen LogP contribution in [0, 0.1) is 10.1 Å². The van der Waals surface area contributed by atoms with Gasteiger partial charge >= 0.3 is 0 Å². The van der Waals surface area contributed by atoms with Gasteiger partial charge in [-0.2, -0.15) is 0 Å². The van der Waals surface area contributed by atoms with Gasteiger partial charge < -0.3 is 15.0 Å². The van der Waals surface area contributed by atoms with E-state index in [1.165, 1.54) is 17.2 Å². The Balaban J connectivity index is 1.58. The van der Waals surface area contributed by atoms with Crippen molar-refractivity contribution in [1.29, 1.82) is 0 Å². The Labute approximate surface area is 157 Å². The van der Waals surface area contributed by atoms with Crippen LogP contribution in [0.5, 0.6) is 0 Å². The van der Waals surface area contributed by atoms with Crippen molar-refractivity contribution in [2.45, 2.75) is 18.9 Å². The quantitative estimate of drug-likeness (QED) is 0.663. The number of aryl methyl sites for hydroxylation is 1. The first-order valence-electron chi connectivity index (χ1n) is 9.13. The van der Waals surface area contributed by atoms with Crippen molar-refractivity contribution in [2.24, 2.45) is 0 Å². The van der Waals surface area contributed by atoms with E-state index in [0.29, 0.717) is 37.6 Å². The molecule has 4 rings (SSSR count). The number of carbonyl (C=O) groups is 1. The van der Waals surface area contributed by atoms with Crippen molar-refractivity contribution in [1.82, 2.24) is 4.90 Å². The van der Waals surface area contributed by atoms with Crippen LogP contribution >= 0.6 is 0 Å². The molecule has 1 N–H and O–H groups in total. The van der Waals surface area contributed by atoms with Crippen LogP contribution in [-0.4, -0.2) is 42.0 Å². The minimum absolute atomic E-state index is 0.0423. The fourth-order valence-electron chi connectivity index (χ4n) is 3.78. The number of nitro groups is 1. The third kappa shape index (κ3) is 3.50. The van der Waals surface area contributed by atoms with Gasteiger partial charge in [-0.15, -0.1) is 0 Å². The van der Waals surface area contributed by atoms with Gasteiger partial charge in [-0.25, -0.2) is 0 Å². The molecule has 7 heteroatoms. The van der Waals surface area contributed by atoms with Crippen LogP contribution in [0.1, 0.15) is 33.9 Å². The molecular formula is C20H21N3O4. The van der Waals surface area contributed by atoms with Crippen LogP contribution in [0.3, 0.4) is 0 Å². The first kappa shape index (κ1) is 17.5. The van der Waals surface area contributed by atoms with Gasteiger partial charge in [0.05, 0.1) is 24.2 Å². The molecule has 2 aliphatic rings. The molecule has 0 bridgehead atoms. The number of nitrogens with one attached hydrogen (secondary N) is 1. The normalized spacial score (nSPS) is 18.8. The highest BCUT2D eigenvalue weighted by Crippen LogP contribution is 2.36. The summed E-state index contributed by atoms with van der Waals surface area (Å²) in [5.74, 6) is -0.195. The summed E-state index contributed by atoms with van der Waals surface area (Å²) < 4.78 is 5.26. The minimum atomic E-state index is -0.431. The maximum Gasteiger partial charge on any atom is 0.293 e. The fraction of sp³-hybridized carbons (Fsp3) is 0.350. The first-order chi connectivity index (χ1) is 13.1. The molecule has 7 nitrogen and oxygen atoms in total. The van der Waals surface area contributed by atoms with Gasteiger partial charge in [0.15, 0.2) is 0 Å². The van der Waals surface area contributed by atoms with Crippen LogP contribution in [-0.2, 0) is 11.2 Å². The molecule has 0 saturated carbocycles. The second-order valence-corrected chi connectivity index (χ2v) is 6.83. The number of carbonyl (C=O) groups excluding carboxylic acids is 1. The van der Waals surface area contributed by atoms with Crippen LogP contribution in [0.15, 0.2) is 42.5 Å². The zero-order valence-electron chi connectivity index (χ0n) is 14.9. The Kier molecular flexibility index (Phi) is 4.77. The van der Waals surface area contributed by atoms with Crippen molar-refractivity contribution in [2.75, 3.05) is 31.6 Å². The fourth-order valence-corrected chi connectivity index (χ4v) is 3.78. The summed E-state index contributed by atoms with van der Waals surface area (Å²) in [7, 11) is 0. The number of morpholine rings is 1. The van der Waals surface area contributed by atoms with E-state index >= 15 is 0 Å². The minimum Gasteiger partial charge on any atom is -0.378 e. The Morgan fingerprint density at radius 1 is 1.19 bits per heavy atom. The lowest BCUT2D eigenvalue weighted by atomic mass is 10.1. The first-order valence-corrected chi connectivity index (χ1v) is 9.13. The van der Waals surface area contributed by atoms with Gasteiger partial charge in [-0.1, -0.05) is 24.3 Å². The van der Waals surface area contributed by atoms with Crippen molar-refractivity contribution in [3.8, 4) is 0 Å². The molecule has 1 fully saturated rings. The zero-order valence-corrected chi connectivity index (χ0v) is 14.9. The standard InChI is InChI=1S/C20H21N3O4/c24-20(22-9-11-27-12-10-22)15-6-8-18(19(13-15)23(25)26)21-17-7-5-14-3-1-2-4-16(14)17/h1-4,6,8,13,17,21H,5,7,9-12H2/t17-/m1/s1. The smallest absolute Gasteiger partial charge is 0.293 e. The average molecular weight is 367 g/mol. The second-order valence-electron chi connectivity index (χ2n) is 6.83. The number of hydrogen-bond donors (Lipinski definition) is 1. The summed E-state index contributed by atoms with van der Waals surface area (Å²) >= 11 is 0. The Hall–Kier alpha value is -2.93. The average Bonchev–Trinajstić information content (AvgIpc) is 3.11. The molecule has 1 aliphatic heterocycles. The van der Waals surface area contributed by atoms with Crippen LogP contribution in [0.4, 0.5) is 11.4 Å². The molecule has 140 valence electrons. The lowest BCUT2D eigenvalue weighted by molar-refractivity contribution is -0.384. The van der Waals surface area contributed by atoms with Crippen molar-refractivity contribution < 1.29 is 14.5 Å². The summed E-state index contributed by atoms with van der Waals surface area (Å²) in [5, 5.41) is 14.9. The summed E-state index contributed by atoms with van der Waals surface area (Å²) in [6.07, 6.45) is 1.85. The van der Waals surface area contributed by atoms with Crippen molar-refractivity contribution in [3.05, 3.63) is 69.3 Å². The molecule has 0 radical (unpaired) electrons. The molecule has 0 aromatic heterocycles. The molecule has 2 aromatic rings. The Morgan fingerprint density at radius 3 is 2.74 bits per heavy atom. The van der Waals surface area contributed by atoms with E-state index in [-0.39, 0.29) is 17.6 Å². The highest BCUT2D eigenvalue weighted by Gasteiger charge is 2.26. The van der Waals surface area contributed by atoms with Crippen LogP contribution < -0.4 is 5.32 Å². The van der Waals surface area contributed by atoms with Crippen LogP contribution in [0.2, 0.25) is 0 Å². The van der Waals surface area contributed by atoms with Crippen molar-refractivity contribution in [3.63, 3.8) is 0 Å². The number of rotatable bonds is 4. The van der Waals surface area contributed by atoms with E-state index in [1.54, 1.807) is 17.0 Å². The maximum absolute atomic E-state index is 12.6. The molecule has 1 atom stereocenters. The number of hydrogen-bond acceptors (Lipinski definition) is 5. The molecule has 1 heterocycles. The van der Waals surface area contributed by atoms with E-state index in [2.05, 4.69) is 17.4 Å². The predicted molar refractivity (Wildman–Crippen MR) is 101 cm³/mol. The van der Waals surface area contributed by atoms with Gasteiger partial charge in [0.25, 0.3) is 11.6 Å². The Bertz CT molecular complexity index is 877. The second kappa shape index (κ2) is 7.36. The molecular weight excluding hydrogens is 346 g/mol. The summed E-state index contributed by atoms with van der Waals surface area (Å²) in [5.41, 5.74) is 3.16. The Morgan fingerprint density at radius 2 is 1.96 bits per heavy atom. The summed E-state index contributed by atoms with van der Waals surface area (Å²) in [6.45, 7) is 2.00. The number of fused-ring (bicyclic) bond motifs is 1. The molecule has 1 amide bonds. The molecule has 1 aliphatic carbocycles. The topological polar surface area (TPSA) is 84.7 Å². The number of benzene rings is 2. The molecule has 0 unspecified atom stereocenters. The third-order valence-corrected chi connectivity index (χ3v) is 5.20. The van der Waals surface area contributed by atoms with Gasteiger partial charge in [0.2, 0.25) is 0 Å². The lowest BCUT2D eigenvalue weighted by Gasteiger charge is -2.27. The van der Waals surface area contributed by atoms with Gasteiger partial charge in [-0.05, 0) is 36.1 Å². The number of anilines is 1. The van der Waals surface area contributed by atoms with E-state index in [9.17, 15) is 14.9 Å². The number of nitrogens with zero attached hydrogens (tertiary/aromatic N) is 2. The van der Waals surface area contributed by atoms with Gasteiger partial charge in [0.1, 0.15) is 5.69 Å². The van der Waals surface area contributed by atoms with Gasteiger partial charge in [0, 0.05) is 24.7 Å². The SMILES string of the molecule is O=C(c1ccc(N[C@@H]2CCc3ccccc32)c([N+](=O)[O-])c1)N1CCOCC1. The summed E-state index contributed by atoms with van der Waals surface area (Å²) in [6, 6.07) is 12.9.